The summed E-state index contributed by atoms with van der Waals surface area (Å²) in [6, 6.07) is 17.1. The van der Waals surface area contributed by atoms with Crippen LogP contribution in [-0.2, 0) is 16.0 Å². The Kier molecular flexibility index (Phi) is 5.66. The summed E-state index contributed by atoms with van der Waals surface area (Å²) in [5, 5.41) is 3.83. The summed E-state index contributed by atoms with van der Waals surface area (Å²) < 4.78 is 5.08. The number of aromatic nitrogens is 1. The predicted octanol–water partition coefficient (Wildman–Crippen LogP) is 2.43. The van der Waals surface area contributed by atoms with Crippen LogP contribution in [-0.4, -0.2) is 29.5 Å². The summed E-state index contributed by atoms with van der Waals surface area (Å²) in [5.74, 6) is -1.05. The molecule has 2 aromatic carbocycles. The first-order chi connectivity index (χ1) is 13.1. The molecular weight excluding hydrogens is 344 g/mol. The van der Waals surface area contributed by atoms with Crippen molar-refractivity contribution in [2.24, 2.45) is 0 Å². The van der Waals surface area contributed by atoms with E-state index in [1.165, 1.54) is 0 Å². The number of hydrogen-bond donors (Lipinski definition) is 2. The fourth-order valence-electron chi connectivity index (χ4n) is 2.86. The first-order valence-electron chi connectivity index (χ1n) is 8.72. The van der Waals surface area contributed by atoms with E-state index in [2.05, 4.69) is 10.3 Å². The van der Waals surface area contributed by atoms with Gasteiger partial charge in [0, 0.05) is 11.8 Å². The molecule has 1 amide bonds. The van der Waals surface area contributed by atoms with Gasteiger partial charge in [-0.1, -0.05) is 48.5 Å². The van der Waals surface area contributed by atoms with E-state index in [1.807, 2.05) is 30.3 Å². The monoisotopic (exact) mass is 364 g/mol. The minimum absolute atomic E-state index is 0.0982. The number of esters is 1. The number of nitrogens with one attached hydrogen (secondary N) is 2. The number of ether oxygens (including phenoxy) is 1. The highest BCUT2D eigenvalue weighted by Gasteiger charge is 2.23. The lowest BCUT2D eigenvalue weighted by atomic mass is 10.1. The number of carbonyl (C=O) groups excluding carboxylic acids is 2. The molecule has 0 saturated carbocycles. The number of benzene rings is 2. The molecule has 0 spiro atoms. The molecule has 3 rings (SSSR count). The average Bonchev–Trinajstić information content (AvgIpc) is 2.68. The molecule has 6 nitrogen and oxygen atoms in total. The number of fused-ring (bicyclic) bond motifs is 1. The lowest BCUT2D eigenvalue weighted by molar-refractivity contribution is -0.145. The number of hydrogen-bond acceptors (Lipinski definition) is 4. The zero-order valence-electron chi connectivity index (χ0n) is 14.9. The Morgan fingerprint density at radius 3 is 2.52 bits per heavy atom. The minimum atomic E-state index is -0.852. The number of amides is 1. The van der Waals surface area contributed by atoms with Crippen LogP contribution in [0.15, 0.2) is 65.5 Å². The Hall–Kier alpha value is -3.41. The van der Waals surface area contributed by atoms with Crippen LogP contribution in [0.2, 0.25) is 0 Å². The van der Waals surface area contributed by atoms with Gasteiger partial charge in [0.05, 0.1) is 6.61 Å². The molecule has 0 radical (unpaired) electrons. The van der Waals surface area contributed by atoms with E-state index in [-0.39, 0.29) is 17.9 Å². The normalized spacial score (nSPS) is 11.7. The quantitative estimate of drug-likeness (QED) is 0.658. The van der Waals surface area contributed by atoms with Crippen molar-refractivity contribution in [2.75, 3.05) is 6.61 Å². The molecule has 1 aromatic heterocycles. The second-order valence-electron chi connectivity index (χ2n) is 6.07. The third-order valence-electron chi connectivity index (χ3n) is 4.16. The van der Waals surface area contributed by atoms with E-state index < -0.39 is 17.9 Å². The lowest BCUT2D eigenvalue weighted by Gasteiger charge is -2.17. The Labute approximate surface area is 156 Å². The van der Waals surface area contributed by atoms with Crippen LogP contribution in [0.25, 0.3) is 10.8 Å². The molecular formula is C21H20N2O4. The molecule has 0 bridgehead atoms. The van der Waals surface area contributed by atoms with Crippen LogP contribution < -0.4 is 10.9 Å². The van der Waals surface area contributed by atoms with Crippen molar-refractivity contribution in [3.05, 3.63) is 82.3 Å². The second-order valence-corrected chi connectivity index (χ2v) is 6.07. The molecule has 138 valence electrons. The van der Waals surface area contributed by atoms with Crippen LogP contribution in [0.3, 0.4) is 0 Å². The highest BCUT2D eigenvalue weighted by Crippen LogP contribution is 2.11. The van der Waals surface area contributed by atoms with Crippen molar-refractivity contribution in [3.8, 4) is 0 Å². The molecule has 6 heteroatoms. The number of aromatic amines is 1. The van der Waals surface area contributed by atoms with Gasteiger partial charge in [0.2, 0.25) is 0 Å². The Morgan fingerprint density at radius 1 is 1.07 bits per heavy atom. The van der Waals surface area contributed by atoms with Gasteiger partial charge in [-0.15, -0.1) is 0 Å². The average molecular weight is 364 g/mol. The highest BCUT2D eigenvalue weighted by atomic mass is 16.5. The van der Waals surface area contributed by atoms with E-state index in [4.69, 9.17) is 4.74 Å². The van der Waals surface area contributed by atoms with Gasteiger partial charge in [0.1, 0.15) is 11.7 Å². The van der Waals surface area contributed by atoms with Crippen molar-refractivity contribution in [3.63, 3.8) is 0 Å². The molecule has 0 saturated heterocycles. The Balaban J connectivity index is 1.85. The standard InChI is InChI=1S/C21H20N2O4/c1-2-27-21(26)18(12-14-8-4-3-5-9-14)23-20(25)17-13-15-10-6-7-11-16(15)19(24)22-17/h3-11,13,18H,2,12H2,1H3,(H,22,24)(H,23,25). The Morgan fingerprint density at radius 2 is 1.78 bits per heavy atom. The van der Waals surface area contributed by atoms with Gasteiger partial charge in [-0.05, 0) is 30.0 Å². The van der Waals surface area contributed by atoms with Gasteiger partial charge in [-0.2, -0.15) is 0 Å². The van der Waals surface area contributed by atoms with Crippen LogP contribution in [0.4, 0.5) is 0 Å². The van der Waals surface area contributed by atoms with Crippen molar-refractivity contribution < 1.29 is 14.3 Å². The smallest absolute Gasteiger partial charge is 0.328 e. The summed E-state index contributed by atoms with van der Waals surface area (Å²) in [7, 11) is 0. The van der Waals surface area contributed by atoms with E-state index in [1.54, 1.807) is 37.3 Å². The van der Waals surface area contributed by atoms with Crippen molar-refractivity contribution in [1.29, 1.82) is 0 Å². The van der Waals surface area contributed by atoms with Gasteiger partial charge in [-0.3, -0.25) is 9.59 Å². The summed E-state index contributed by atoms with van der Waals surface area (Å²) in [5.41, 5.74) is 0.637. The zero-order chi connectivity index (χ0) is 19.2. The van der Waals surface area contributed by atoms with Crippen LogP contribution in [0, 0.1) is 0 Å². The van der Waals surface area contributed by atoms with Crippen molar-refractivity contribution in [1.82, 2.24) is 10.3 Å². The van der Waals surface area contributed by atoms with E-state index >= 15 is 0 Å². The summed E-state index contributed by atoms with van der Waals surface area (Å²) in [6.45, 7) is 1.92. The lowest BCUT2D eigenvalue weighted by Crippen LogP contribution is -2.44. The molecule has 1 unspecified atom stereocenters. The van der Waals surface area contributed by atoms with E-state index in [0.29, 0.717) is 17.2 Å². The molecule has 0 aliphatic heterocycles. The zero-order valence-corrected chi connectivity index (χ0v) is 14.9. The van der Waals surface area contributed by atoms with Crippen molar-refractivity contribution in [2.45, 2.75) is 19.4 Å². The largest absolute Gasteiger partial charge is 0.464 e. The first-order valence-corrected chi connectivity index (χ1v) is 8.72. The topological polar surface area (TPSA) is 88.3 Å². The maximum absolute atomic E-state index is 12.7. The van der Waals surface area contributed by atoms with Gasteiger partial charge < -0.3 is 15.0 Å². The molecule has 3 aromatic rings. The summed E-state index contributed by atoms with van der Waals surface area (Å²) in [6.07, 6.45) is 0.295. The van der Waals surface area contributed by atoms with Gasteiger partial charge in [0.15, 0.2) is 0 Å². The molecule has 0 aliphatic rings. The first kappa shape index (κ1) is 18.4. The van der Waals surface area contributed by atoms with Gasteiger partial charge in [-0.25, -0.2) is 4.79 Å². The number of pyridine rings is 1. The molecule has 1 atom stereocenters. The van der Waals surface area contributed by atoms with E-state index in [9.17, 15) is 14.4 Å². The molecule has 27 heavy (non-hydrogen) atoms. The SMILES string of the molecule is CCOC(=O)C(Cc1ccccc1)NC(=O)c1cc2ccccc2c(=O)[nH]1. The molecule has 0 aliphatic carbocycles. The maximum atomic E-state index is 12.7. The number of carbonyl (C=O) groups is 2. The maximum Gasteiger partial charge on any atom is 0.328 e. The summed E-state index contributed by atoms with van der Waals surface area (Å²) in [4.78, 5) is 39.7. The fourth-order valence-corrected chi connectivity index (χ4v) is 2.86. The number of H-pyrrole nitrogens is 1. The second kappa shape index (κ2) is 8.31. The van der Waals surface area contributed by atoms with Crippen LogP contribution >= 0.6 is 0 Å². The van der Waals surface area contributed by atoms with Crippen LogP contribution in [0.5, 0.6) is 0 Å². The van der Waals surface area contributed by atoms with Gasteiger partial charge in [0.25, 0.3) is 11.5 Å². The molecule has 2 N–H and O–H groups in total. The van der Waals surface area contributed by atoms with Crippen molar-refractivity contribution >= 4 is 22.6 Å². The highest BCUT2D eigenvalue weighted by molar-refractivity contribution is 5.98. The fraction of sp³-hybridized carbons (Fsp3) is 0.190. The third-order valence-corrected chi connectivity index (χ3v) is 4.16. The third kappa shape index (κ3) is 4.41. The predicted molar refractivity (Wildman–Crippen MR) is 103 cm³/mol. The minimum Gasteiger partial charge on any atom is -0.464 e. The summed E-state index contributed by atoms with van der Waals surface area (Å²) >= 11 is 0. The van der Waals surface area contributed by atoms with Crippen LogP contribution in [0.1, 0.15) is 23.0 Å². The Bertz CT molecular complexity index is 1010. The molecule has 0 fully saturated rings. The van der Waals surface area contributed by atoms with E-state index in [0.717, 1.165) is 5.56 Å². The molecule has 1 heterocycles. The van der Waals surface area contributed by atoms with Gasteiger partial charge >= 0.3 is 5.97 Å². The number of rotatable bonds is 6.